The predicted molar refractivity (Wildman–Crippen MR) is 110 cm³/mol. The Labute approximate surface area is 178 Å². The maximum atomic E-state index is 12.3. The summed E-state index contributed by atoms with van der Waals surface area (Å²) in [5.74, 6) is -1.98. The van der Waals surface area contributed by atoms with Crippen LogP contribution in [0.15, 0.2) is 48.5 Å². The molecular weight excluding hydrogens is 402 g/mol. The second-order valence-corrected chi connectivity index (χ2v) is 6.82. The lowest BCUT2D eigenvalue weighted by Gasteiger charge is -2.13. The van der Waals surface area contributed by atoms with Crippen molar-refractivity contribution < 1.29 is 28.7 Å². The largest absolute Gasteiger partial charge is 0.427 e. The van der Waals surface area contributed by atoms with E-state index < -0.39 is 23.7 Å². The smallest absolute Gasteiger partial charge is 0.308 e. The summed E-state index contributed by atoms with van der Waals surface area (Å²) < 4.78 is 4.95. The summed E-state index contributed by atoms with van der Waals surface area (Å²) in [7, 11) is 0. The fourth-order valence-corrected chi connectivity index (χ4v) is 3.07. The van der Waals surface area contributed by atoms with Crippen LogP contribution in [0.4, 0.5) is 0 Å². The van der Waals surface area contributed by atoms with Crippen molar-refractivity contribution in [1.29, 1.82) is 0 Å². The Bertz CT molecular complexity index is 1010. The minimum Gasteiger partial charge on any atom is -0.427 e. The van der Waals surface area contributed by atoms with Crippen LogP contribution in [0.1, 0.15) is 44.4 Å². The molecule has 0 fully saturated rings. The Kier molecular flexibility index (Phi) is 6.76. The molecule has 2 aromatic rings. The van der Waals surface area contributed by atoms with E-state index in [9.17, 15) is 24.0 Å². The molecule has 0 saturated carbocycles. The van der Waals surface area contributed by atoms with Gasteiger partial charge in [-0.2, -0.15) is 0 Å². The van der Waals surface area contributed by atoms with Crippen LogP contribution in [0.25, 0.3) is 0 Å². The molecule has 0 aromatic heterocycles. The van der Waals surface area contributed by atoms with Crippen molar-refractivity contribution in [3.05, 3.63) is 65.2 Å². The van der Waals surface area contributed by atoms with Crippen LogP contribution >= 0.6 is 0 Å². The van der Waals surface area contributed by atoms with Gasteiger partial charge in [0.2, 0.25) is 5.91 Å². The Morgan fingerprint density at radius 1 is 0.903 bits per heavy atom. The molecular formula is C22H21N3O6. The van der Waals surface area contributed by atoms with Gasteiger partial charge in [-0.05, 0) is 36.8 Å². The van der Waals surface area contributed by atoms with Gasteiger partial charge in [-0.15, -0.1) is 0 Å². The fourth-order valence-electron chi connectivity index (χ4n) is 3.07. The Balaban J connectivity index is 1.39. The van der Waals surface area contributed by atoms with E-state index in [0.717, 1.165) is 4.90 Å². The average Bonchev–Trinajstić information content (AvgIpc) is 2.98. The second-order valence-electron chi connectivity index (χ2n) is 6.82. The number of nitrogens with one attached hydrogen (secondary N) is 2. The van der Waals surface area contributed by atoms with Crippen molar-refractivity contribution >= 4 is 29.6 Å². The highest BCUT2D eigenvalue weighted by molar-refractivity contribution is 6.22. The van der Waals surface area contributed by atoms with Crippen LogP contribution in [-0.2, 0) is 9.59 Å². The van der Waals surface area contributed by atoms with E-state index in [2.05, 4.69) is 10.6 Å². The Hall–Kier alpha value is -4.01. The Morgan fingerprint density at radius 2 is 1.55 bits per heavy atom. The molecule has 3 rings (SSSR count). The molecule has 4 amide bonds. The number of fused-ring (bicyclic) bond motifs is 1. The van der Waals surface area contributed by atoms with Crippen molar-refractivity contribution in [2.75, 3.05) is 19.6 Å². The number of hydrogen-bond donors (Lipinski definition) is 2. The lowest BCUT2D eigenvalue weighted by molar-refractivity contribution is -0.131. The number of carbonyl (C=O) groups excluding carboxylic acids is 5. The first-order valence-corrected chi connectivity index (χ1v) is 9.65. The zero-order valence-electron chi connectivity index (χ0n) is 16.8. The number of amides is 4. The molecule has 9 heteroatoms. The molecule has 9 nitrogen and oxygen atoms in total. The van der Waals surface area contributed by atoms with Crippen molar-refractivity contribution in [2.24, 2.45) is 0 Å². The summed E-state index contributed by atoms with van der Waals surface area (Å²) in [6.45, 7) is 1.47. The van der Waals surface area contributed by atoms with Crippen LogP contribution in [0.2, 0.25) is 0 Å². The molecule has 1 aliphatic rings. The zero-order chi connectivity index (χ0) is 22.4. The number of carbonyl (C=O) groups is 5. The molecule has 1 aliphatic heterocycles. The lowest BCUT2D eigenvalue weighted by Crippen LogP contribution is -2.41. The van der Waals surface area contributed by atoms with Gasteiger partial charge in [0.25, 0.3) is 17.7 Å². The molecule has 0 aliphatic carbocycles. The summed E-state index contributed by atoms with van der Waals surface area (Å²) in [5, 5.41) is 5.33. The summed E-state index contributed by atoms with van der Waals surface area (Å²) >= 11 is 0. The van der Waals surface area contributed by atoms with Crippen molar-refractivity contribution in [2.45, 2.75) is 13.3 Å². The summed E-state index contributed by atoms with van der Waals surface area (Å²) in [6.07, 6.45) is 0.448. The molecule has 160 valence electrons. The molecule has 0 atom stereocenters. The first-order valence-electron chi connectivity index (χ1n) is 9.65. The topological polar surface area (TPSA) is 122 Å². The number of imide groups is 1. The van der Waals surface area contributed by atoms with Gasteiger partial charge in [0.15, 0.2) is 0 Å². The number of esters is 1. The van der Waals surface area contributed by atoms with Crippen molar-refractivity contribution in [1.82, 2.24) is 15.5 Å². The SMILES string of the molecule is CC(=O)Oc1cccc(C(=O)NCCCNC(=O)CN2C(=O)c3ccccc3C2=O)c1. The maximum absolute atomic E-state index is 12.3. The van der Waals surface area contributed by atoms with Gasteiger partial charge >= 0.3 is 5.97 Å². The average molecular weight is 423 g/mol. The standard InChI is InChI=1S/C22H21N3O6/c1-14(26)31-16-7-4-6-15(12-16)20(28)24-11-5-10-23-19(27)13-25-21(29)17-8-2-3-9-18(17)22(25)30/h2-4,6-9,12H,5,10-11,13H2,1H3,(H,23,27)(H,24,28). The van der Waals surface area contributed by atoms with E-state index in [-0.39, 0.29) is 24.7 Å². The fraction of sp³-hybridized carbons (Fsp3) is 0.227. The van der Waals surface area contributed by atoms with Gasteiger partial charge in [0.05, 0.1) is 11.1 Å². The third-order valence-electron chi connectivity index (χ3n) is 4.50. The second kappa shape index (κ2) is 9.66. The molecule has 0 spiro atoms. The lowest BCUT2D eigenvalue weighted by atomic mass is 10.1. The maximum Gasteiger partial charge on any atom is 0.308 e. The minimum absolute atomic E-state index is 0.260. The monoisotopic (exact) mass is 423 g/mol. The summed E-state index contributed by atoms with van der Waals surface area (Å²) in [6, 6.07) is 12.7. The summed E-state index contributed by atoms with van der Waals surface area (Å²) in [4.78, 5) is 60.7. The van der Waals surface area contributed by atoms with Gasteiger partial charge in [0.1, 0.15) is 12.3 Å². The molecule has 0 bridgehead atoms. The third-order valence-corrected chi connectivity index (χ3v) is 4.50. The highest BCUT2D eigenvalue weighted by atomic mass is 16.5. The van der Waals surface area contributed by atoms with Gasteiger partial charge in [-0.3, -0.25) is 28.9 Å². The number of rotatable bonds is 8. The highest BCUT2D eigenvalue weighted by Crippen LogP contribution is 2.21. The van der Waals surface area contributed by atoms with Crippen LogP contribution in [-0.4, -0.2) is 54.1 Å². The zero-order valence-corrected chi connectivity index (χ0v) is 16.8. The van der Waals surface area contributed by atoms with Crippen molar-refractivity contribution in [3.8, 4) is 5.75 Å². The van der Waals surface area contributed by atoms with Gasteiger partial charge in [-0.25, -0.2) is 0 Å². The van der Waals surface area contributed by atoms with Crippen LogP contribution < -0.4 is 15.4 Å². The van der Waals surface area contributed by atoms with E-state index in [4.69, 9.17) is 4.74 Å². The predicted octanol–water partition coefficient (Wildman–Crippen LogP) is 1.14. The van der Waals surface area contributed by atoms with E-state index in [1.165, 1.54) is 13.0 Å². The van der Waals surface area contributed by atoms with Gasteiger partial charge < -0.3 is 15.4 Å². The molecule has 2 N–H and O–H groups in total. The van der Waals surface area contributed by atoms with Gasteiger partial charge in [-0.1, -0.05) is 18.2 Å². The van der Waals surface area contributed by atoms with Crippen LogP contribution in [0.3, 0.4) is 0 Å². The normalized spacial score (nSPS) is 12.4. The third kappa shape index (κ3) is 5.33. The van der Waals surface area contributed by atoms with Gasteiger partial charge in [0, 0.05) is 25.6 Å². The minimum atomic E-state index is -0.487. The first kappa shape index (κ1) is 21.7. The molecule has 0 radical (unpaired) electrons. The van der Waals surface area contributed by atoms with Crippen LogP contribution in [0, 0.1) is 0 Å². The number of hydrogen-bond acceptors (Lipinski definition) is 6. The number of nitrogens with zero attached hydrogens (tertiary/aromatic N) is 1. The Morgan fingerprint density at radius 3 is 2.19 bits per heavy atom. The molecule has 31 heavy (non-hydrogen) atoms. The highest BCUT2D eigenvalue weighted by Gasteiger charge is 2.36. The summed E-state index contributed by atoms with van der Waals surface area (Å²) in [5.41, 5.74) is 0.926. The van der Waals surface area contributed by atoms with E-state index in [1.807, 2.05) is 0 Å². The first-order chi connectivity index (χ1) is 14.9. The molecule has 0 saturated heterocycles. The number of benzene rings is 2. The number of ether oxygens (including phenoxy) is 1. The van der Waals surface area contributed by atoms with E-state index >= 15 is 0 Å². The van der Waals surface area contributed by atoms with Crippen LogP contribution in [0.5, 0.6) is 5.75 Å². The van der Waals surface area contributed by atoms with E-state index in [1.54, 1.807) is 42.5 Å². The molecule has 2 aromatic carbocycles. The van der Waals surface area contributed by atoms with E-state index in [0.29, 0.717) is 29.7 Å². The molecule has 0 unspecified atom stereocenters. The quantitative estimate of drug-likeness (QED) is 0.284. The molecule has 1 heterocycles. The van der Waals surface area contributed by atoms with Crippen molar-refractivity contribution in [3.63, 3.8) is 0 Å².